The van der Waals surface area contributed by atoms with Crippen molar-refractivity contribution < 1.29 is 0 Å². The van der Waals surface area contributed by atoms with E-state index in [9.17, 15) is 0 Å². The molecular formula is C14H23BrN2S. The number of hydrogen-bond donors (Lipinski definition) is 1. The molecule has 2 nitrogen and oxygen atoms in total. The summed E-state index contributed by atoms with van der Waals surface area (Å²) in [7, 11) is 0. The number of halogens is 1. The summed E-state index contributed by atoms with van der Waals surface area (Å²) < 4.78 is 1.20. The Morgan fingerprint density at radius 2 is 2.17 bits per heavy atom. The zero-order valence-corrected chi connectivity index (χ0v) is 13.6. The van der Waals surface area contributed by atoms with E-state index in [2.05, 4.69) is 46.8 Å². The third-order valence-corrected chi connectivity index (χ3v) is 5.25. The van der Waals surface area contributed by atoms with Crippen molar-refractivity contribution in [3.05, 3.63) is 20.8 Å². The molecule has 2 N–H and O–H groups in total. The summed E-state index contributed by atoms with van der Waals surface area (Å²) in [6.07, 6.45) is 3.96. The van der Waals surface area contributed by atoms with Crippen LogP contribution in [-0.4, -0.2) is 24.0 Å². The average molecular weight is 331 g/mol. The van der Waals surface area contributed by atoms with Gasteiger partial charge in [0, 0.05) is 17.5 Å². The molecule has 1 fully saturated rings. The predicted octanol–water partition coefficient (Wildman–Crippen LogP) is 4.02. The summed E-state index contributed by atoms with van der Waals surface area (Å²) in [6, 6.07) is 5.54. The van der Waals surface area contributed by atoms with Crippen LogP contribution < -0.4 is 5.73 Å². The van der Waals surface area contributed by atoms with Crippen LogP contribution in [0.3, 0.4) is 0 Å². The van der Waals surface area contributed by atoms with Crippen LogP contribution in [0.15, 0.2) is 15.9 Å². The predicted molar refractivity (Wildman–Crippen MR) is 83.0 cm³/mol. The quantitative estimate of drug-likeness (QED) is 0.818. The smallest absolute Gasteiger partial charge is 0.0702 e. The van der Waals surface area contributed by atoms with Gasteiger partial charge in [0.05, 0.1) is 9.83 Å². The lowest BCUT2D eigenvalue weighted by atomic mass is 10.1. The normalized spacial score (nSPS) is 17.7. The maximum absolute atomic E-state index is 6.04. The van der Waals surface area contributed by atoms with Crippen LogP contribution in [0.2, 0.25) is 0 Å². The second-order valence-electron chi connectivity index (χ2n) is 5.54. The lowest BCUT2D eigenvalue weighted by Crippen LogP contribution is -2.36. The van der Waals surface area contributed by atoms with Gasteiger partial charge in [-0.1, -0.05) is 13.8 Å². The summed E-state index contributed by atoms with van der Waals surface area (Å²) in [5.41, 5.74) is 6.04. The summed E-state index contributed by atoms with van der Waals surface area (Å²) in [6.45, 7) is 6.50. The highest BCUT2D eigenvalue weighted by atomic mass is 79.9. The van der Waals surface area contributed by atoms with Gasteiger partial charge in [0.1, 0.15) is 0 Å². The van der Waals surface area contributed by atoms with Crippen LogP contribution in [0.1, 0.15) is 44.0 Å². The molecule has 0 spiro atoms. The van der Waals surface area contributed by atoms with Crippen LogP contribution in [0, 0.1) is 5.92 Å². The molecule has 102 valence electrons. The Kier molecular flexibility index (Phi) is 5.24. The first-order chi connectivity index (χ1) is 8.61. The van der Waals surface area contributed by atoms with Crippen molar-refractivity contribution in [3.8, 4) is 0 Å². The van der Waals surface area contributed by atoms with Gasteiger partial charge in [-0.05, 0) is 59.8 Å². The number of hydrogen-bond acceptors (Lipinski definition) is 3. The molecule has 1 heterocycles. The van der Waals surface area contributed by atoms with Gasteiger partial charge >= 0.3 is 0 Å². The minimum absolute atomic E-state index is 0.410. The zero-order chi connectivity index (χ0) is 13.1. The maximum atomic E-state index is 6.04. The van der Waals surface area contributed by atoms with Crippen LogP contribution in [-0.2, 0) is 0 Å². The van der Waals surface area contributed by atoms with Crippen molar-refractivity contribution in [1.29, 1.82) is 0 Å². The van der Waals surface area contributed by atoms with E-state index in [-0.39, 0.29) is 0 Å². The Bertz CT molecular complexity index is 374. The average Bonchev–Trinajstić information content (AvgIpc) is 3.07. The maximum Gasteiger partial charge on any atom is 0.0702 e. The SMILES string of the molecule is CC(C)CCN(C1CC1)C(CN)c1ccc(Br)s1. The van der Waals surface area contributed by atoms with Crippen molar-refractivity contribution in [2.24, 2.45) is 11.7 Å². The third-order valence-electron chi connectivity index (χ3n) is 3.53. The monoisotopic (exact) mass is 330 g/mol. The van der Waals surface area contributed by atoms with E-state index < -0.39 is 0 Å². The molecule has 0 saturated heterocycles. The first kappa shape index (κ1) is 14.5. The molecule has 1 aliphatic rings. The van der Waals surface area contributed by atoms with E-state index in [0.29, 0.717) is 6.04 Å². The minimum atomic E-state index is 0.410. The number of thiophene rings is 1. The Labute approximate surface area is 123 Å². The summed E-state index contributed by atoms with van der Waals surface area (Å²) >= 11 is 5.38. The van der Waals surface area contributed by atoms with E-state index in [1.807, 2.05) is 11.3 Å². The fourth-order valence-corrected chi connectivity index (χ4v) is 3.89. The Morgan fingerprint density at radius 1 is 1.44 bits per heavy atom. The second kappa shape index (κ2) is 6.51. The molecular weight excluding hydrogens is 308 g/mol. The highest BCUT2D eigenvalue weighted by Gasteiger charge is 2.34. The first-order valence-electron chi connectivity index (χ1n) is 6.83. The largest absolute Gasteiger partial charge is 0.329 e. The molecule has 1 aromatic rings. The van der Waals surface area contributed by atoms with E-state index in [1.165, 1.54) is 34.5 Å². The molecule has 0 amide bonds. The molecule has 1 saturated carbocycles. The topological polar surface area (TPSA) is 29.3 Å². The van der Waals surface area contributed by atoms with Crippen LogP contribution in [0.25, 0.3) is 0 Å². The van der Waals surface area contributed by atoms with Crippen molar-refractivity contribution in [2.75, 3.05) is 13.1 Å². The number of nitrogens with zero attached hydrogens (tertiary/aromatic N) is 1. The molecule has 1 atom stereocenters. The minimum Gasteiger partial charge on any atom is -0.329 e. The van der Waals surface area contributed by atoms with Crippen molar-refractivity contribution >= 4 is 27.3 Å². The van der Waals surface area contributed by atoms with Gasteiger partial charge < -0.3 is 5.73 Å². The van der Waals surface area contributed by atoms with Gasteiger partial charge in [0.15, 0.2) is 0 Å². The highest BCUT2D eigenvalue weighted by Crippen LogP contribution is 2.37. The fraction of sp³-hybridized carbons (Fsp3) is 0.714. The van der Waals surface area contributed by atoms with Gasteiger partial charge in [0.2, 0.25) is 0 Å². The van der Waals surface area contributed by atoms with E-state index in [4.69, 9.17) is 5.73 Å². The molecule has 4 heteroatoms. The van der Waals surface area contributed by atoms with Gasteiger partial charge in [0.25, 0.3) is 0 Å². The lowest BCUT2D eigenvalue weighted by Gasteiger charge is -2.31. The van der Waals surface area contributed by atoms with Crippen molar-refractivity contribution in [3.63, 3.8) is 0 Å². The Hall–Kier alpha value is 0.1000. The van der Waals surface area contributed by atoms with Gasteiger partial charge in [-0.2, -0.15) is 0 Å². The van der Waals surface area contributed by atoms with Crippen molar-refractivity contribution in [2.45, 2.75) is 45.2 Å². The molecule has 1 unspecified atom stereocenters. The van der Waals surface area contributed by atoms with Gasteiger partial charge in [-0.15, -0.1) is 11.3 Å². The van der Waals surface area contributed by atoms with Crippen molar-refractivity contribution in [1.82, 2.24) is 4.90 Å². The number of nitrogens with two attached hydrogens (primary N) is 1. The Balaban J connectivity index is 2.06. The molecule has 1 aromatic heterocycles. The number of rotatable bonds is 7. The highest BCUT2D eigenvalue weighted by molar-refractivity contribution is 9.11. The molecule has 2 rings (SSSR count). The fourth-order valence-electron chi connectivity index (χ4n) is 2.33. The van der Waals surface area contributed by atoms with Gasteiger partial charge in [-0.25, -0.2) is 0 Å². The first-order valence-corrected chi connectivity index (χ1v) is 8.43. The molecule has 18 heavy (non-hydrogen) atoms. The van der Waals surface area contributed by atoms with E-state index in [1.54, 1.807) is 0 Å². The van der Waals surface area contributed by atoms with Crippen LogP contribution in [0.4, 0.5) is 0 Å². The molecule has 0 aliphatic heterocycles. The summed E-state index contributed by atoms with van der Waals surface area (Å²) in [5.74, 6) is 0.764. The zero-order valence-electron chi connectivity index (χ0n) is 11.2. The lowest BCUT2D eigenvalue weighted by molar-refractivity contribution is 0.183. The van der Waals surface area contributed by atoms with Crippen LogP contribution >= 0.6 is 27.3 Å². The molecule has 0 radical (unpaired) electrons. The van der Waals surface area contributed by atoms with Gasteiger partial charge in [-0.3, -0.25) is 4.90 Å². The summed E-state index contributed by atoms with van der Waals surface area (Å²) in [4.78, 5) is 4.04. The summed E-state index contributed by atoms with van der Waals surface area (Å²) in [5, 5.41) is 0. The third kappa shape index (κ3) is 3.80. The van der Waals surface area contributed by atoms with E-state index >= 15 is 0 Å². The Morgan fingerprint density at radius 3 is 2.61 bits per heavy atom. The van der Waals surface area contributed by atoms with E-state index in [0.717, 1.165) is 18.5 Å². The molecule has 0 aromatic carbocycles. The molecule has 0 bridgehead atoms. The molecule has 1 aliphatic carbocycles. The van der Waals surface area contributed by atoms with Crippen LogP contribution in [0.5, 0.6) is 0 Å². The second-order valence-corrected chi connectivity index (χ2v) is 8.04. The standard InChI is InChI=1S/C14H23BrN2S/c1-10(2)7-8-17(11-3-4-11)12(9-16)13-5-6-14(15)18-13/h5-6,10-12H,3-4,7-9,16H2,1-2H3.